The first-order chi connectivity index (χ1) is 7.72. The minimum Gasteiger partial charge on any atom is -0.385 e. The SMILES string of the molecule is COCCCNC(=O)CSc1nc(C)cs1. The Labute approximate surface area is 104 Å². The zero-order valence-corrected chi connectivity index (χ0v) is 11.1. The summed E-state index contributed by atoms with van der Waals surface area (Å²) in [6.07, 6.45) is 0.850. The van der Waals surface area contributed by atoms with Crippen LogP contribution in [0.25, 0.3) is 0 Å². The minimum absolute atomic E-state index is 0.0500. The monoisotopic (exact) mass is 260 g/mol. The molecule has 0 spiro atoms. The zero-order valence-electron chi connectivity index (χ0n) is 9.49. The van der Waals surface area contributed by atoms with E-state index in [1.807, 2.05) is 12.3 Å². The highest BCUT2D eigenvalue weighted by Crippen LogP contribution is 2.21. The Hall–Kier alpha value is -0.590. The number of carbonyl (C=O) groups is 1. The van der Waals surface area contributed by atoms with Gasteiger partial charge in [-0.15, -0.1) is 11.3 Å². The summed E-state index contributed by atoms with van der Waals surface area (Å²) in [7, 11) is 1.66. The van der Waals surface area contributed by atoms with Crippen LogP contribution in [0.1, 0.15) is 12.1 Å². The molecular weight excluding hydrogens is 244 g/mol. The maximum Gasteiger partial charge on any atom is 0.230 e. The van der Waals surface area contributed by atoms with E-state index >= 15 is 0 Å². The Balaban J connectivity index is 2.10. The van der Waals surface area contributed by atoms with Gasteiger partial charge in [-0.05, 0) is 13.3 Å². The normalized spacial score (nSPS) is 10.4. The van der Waals surface area contributed by atoms with E-state index in [2.05, 4.69) is 10.3 Å². The van der Waals surface area contributed by atoms with Gasteiger partial charge in [0.05, 0.1) is 5.75 Å². The lowest BCUT2D eigenvalue weighted by Crippen LogP contribution is -2.26. The van der Waals surface area contributed by atoms with Gasteiger partial charge in [0.2, 0.25) is 5.91 Å². The van der Waals surface area contributed by atoms with Gasteiger partial charge >= 0.3 is 0 Å². The van der Waals surface area contributed by atoms with Gasteiger partial charge in [-0.2, -0.15) is 0 Å². The lowest BCUT2D eigenvalue weighted by molar-refractivity contribution is -0.118. The quantitative estimate of drug-likeness (QED) is 0.599. The molecule has 1 aromatic heterocycles. The van der Waals surface area contributed by atoms with E-state index in [1.165, 1.54) is 11.8 Å². The first-order valence-corrected chi connectivity index (χ1v) is 6.89. The van der Waals surface area contributed by atoms with Crippen molar-refractivity contribution in [2.24, 2.45) is 0 Å². The summed E-state index contributed by atoms with van der Waals surface area (Å²) >= 11 is 3.05. The molecule has 0 fully saturated rings. The molecule has 90 valence electrons. The van der Waals surface area contributed by atoms with Crippen molar-refractivity contribution in [2.75, 3.05) is 26.0 Å². The number of hydrogen-bond donors (Lipinski definition) is 1. The average Bonchev–Trinajstić information content (AvgIpc) is 2.68. The van der Waals surface area contributed by atoms with Crippen molar-refractivity contribution in [2.45, 2.75) is 17.7 Å². The Morgan fingerprint density at radius 1 is 1.69 bits per heavy atom. The molecule has 0 saturated heterocycles. The summed E-state index contributed by atoms with van der Waals surface area (Å²) in [4.78, 5) is 15.7. The zero-order chi connectivity index (χ0) is 11.8. The highest BCUT2D eigenvalue weighted by atomic mass is 32.2. The number of aryl methyl sites for hydroxylation is 1. The van der Waals surface area contributed by atoms with Crippen molar-refractivity contribution in [3.63, 3.8) is 0 Å². The van der Waals surface area contributed by atoms with Crippen LogP contribution in [-0.2, 0) is 9.53 Å². The van der Waals surface area contributed by atoms with Crippen LogP contribution in [0.15, 0.2) is 9.72 Å². The molecule has 1 heterocycles. The number of aromatic nitrogens is 1. The number of methoxy groups -OCH3 is 1. The first kappa shape index (κ1) is 13.5. The van der Waals surface area contributed by atoms with E-state index in [4.69, 9.17) is 4.74 Å². The lowest BCUT2D eigenvalue weighted by Gasteiger charge is -2.03. The standard InChI is InChI=1S/C10H16N2O2S2/c1-8-6-15-10(12-8)16-7-9(13)11-4-3-5-14-2/h6H,3-5,7H2,1-2H3,(H,11,13). The van der Waals surface area contributed by atoms with Crippen molar-refractivity contribution in [3.8, 4) is 0 Å². The van der Waals surface area contributed by atoms with E-state index in [0.29, 0.717) is 18.9 Å². The van der Waals surface area contributed by atoms with E-state index in [0.717, 1.165) is 16.5 Å². The molecule has 0 aromatic carbocycles. The summed E-state index contributed by atoms with van der Waals surface area (Å²) < 4.78 is 5.84. The van der Waals surface area contributed by atoms with Crippen LogP contribution in [0, 0.1) is 6.92 Å². The second kappa shape index (κ2) is 7.65. The average molecular weight is 260 g/mol. The molecule has 0 bridgehead atoms. The molecule has 6 heteroatoms. The summed E-state index contributed by atoms with van der Waals surface area (Å²) in [6.45, 7) is 3.30. The third-order valence-electron chi connectivity index (χ3n) is 1.77. The molecule has 0 aliphatic heterocycles. The number of ether oxygens (including phenoxy) is 1. The third-order valence-corrected chi connectivity index (χ3v) is 3.91. The van der Waals surface area contributed by atoms with Crippen molar-refractivity contribution < 1.29 is 9.53 Å². The van der Waals surface area contributed by atoms with Crippen molar-refractivity contribution in [1.29, 1.82) is 0 Å². The second-order valence-corrected chi connectivity index (χ2v) is 5.32. The summed E-state index contributed by atoms with van der Waals surface area (Å²) in [5.41, 5.74) is 1.01. The number of carbonyl (C=O) groups excluding carboxylic acids is 1. The van der Waals surface area contributed by atoms with Crippen LogP contribution in [0.2, 0.25) is 0 Å². The number of thioether (sulfide) groups is 1. The van der Waals surface area contributed by atoms with Crippen LogP contribution in [0.4, 0.5) is 0 Å². The highest BCUT2D eigenvalue weighted by molar-refractivity contribution is 8.01. The second-order valence-electron chi connectivity index (χ2n) is 3.24. The molecule has 1 rings (SSSR count). The highest BCUT2D eigenvalue weighted by Gasteiger charge is 2.04. The molecule has 0 unspecified atom stereocenters. The van der Waals surface area contributed by atoms with Crippen LogP contribution < -0.4 is 5.32 Å². The fraction of sp³-hybridized carbons (Fsp3) is 0.600. The van der Waals surface area contributed by atoms with Gasteiger partial charge in [0.1, 0.15) is 0 Å². The van der Waals surface area contributed by atoms with Gasteiger partial charge < -0.3 is 10.1 Å². The molecule has 1 aromatic rings. The predicted octanol–water partition coefficient (Wildman–Crippen LogP) is 1.70. The van der Waals surface area contributed by atoms with Gasteiger partial charge in [-0.1, -0.05) is 11.8 Å². The lowest BCUT2D eigenvalue weighted by atomic mass is 10.4. The van der Waals surface area contributed by atoms with E-state index in [-0.39, 0.29) is 5.91 Å². The van der Waals surface area contributed by atoms with Crippen LogP contribution >= 0.6 is 23.1 Å². The maximum atomic E-state index is 11.4. The molecule has 4 nitrogen and oxygen atoms in total. The van der Waals surface area contributed by atoms with Gasteiger partial charge in [-0.25, -0.2) is 4.98 Å². The molecule has 1 amide bonds. The fourth-order valence-electron chi connectivity index (χ4n) is 1.02. The van der Waals surface area contributed by atoms with Gasteiger partial charge in [0, 0.05) is 31.3 Å². The van der Waals surface area contributed by atoms with Crippen molar-refractivity contribution >= 4 is 29.0 Å². The number of hydrogen-bond acceptors (Lipinski definition) is 5. The van der Waals surface area contributed by atoms with Gasteiger partial charge in [0.25, 0.3) is 0 Å². The first-order valence-electron chi connectivity index (χ1n) is 5.03. The molecule has 0 aliphatic carbocycles. The number of rotatable bonds is 7. The van der Waals surface area contributed by atoms with Crippen LogP contribution in [-0.4, -0.2) is 36.9 Å². The summed E-state index contributed by atoms with van der Waals surface area (Å²) in [5, 5.41) is 4.82. The Bertz CT molecular complexity index is 328. The summed E-state index contributed by atoms with van der Waals surface area (Å²) in [6, 6.07) is 0. The smallest absolute Gasteiger partial charge is 0.230 e. The number of amides is 1. The number of thiazole rings is 1. The molecule has 0 saturated carbocycles. The summed E-state index contributed by atoms with van der Waals surface area (Å²) in [5.74, 6) is 0.480. The number of nitrogens with zero attached hydrogens (tertiary/aromatic N) is 1. The molecule has 1 N–H and O–H groups in total. The minimum atomic E-state index is 0.0500. The Morgan fingerprint density at radius 2 is 2.50 bits per heavy atom. The molecule has 0 atom stereocenters. The van der Waals surface area contributed by atoms with E-state index in [9.17, 15) is 4.79 Å². The topological polar surface area (TPSA) is 51.2 Å². The molecule has 0 aliphatic rings. The van der Waals surface area contributed by atoms with Gasteiger partial charge in [0.15, 0.2) is 4.34 Å². The Kier molecular flexibility index (Phi) is 6.44. The van der Waals surface area contributed by atoms with Crippen LogP contribution in [0.5, 0.6) is 0 Å². The van der Waals surface area contributed by atoms with E-state index in [1.54, 1.807) is 18.4 Å². The predicted molar refractivity (Wildman–Crippen MR) is 67.1 cm³/mol. The van der Waals surface area contributed by atoms with E-state index < -0.39 is 0 Å². The molecular formula is C10H16N2O2S2. The van der Waals surface area contributed by atoms with Crippen molar-refractivity contribution in [1.82, 2.24) is 10.3 Å². The van der Waals surface area contributed by atoms with Gasteiger partial charge in [-0.3, -0.25) is 4.79 Å². The largest absolute Gasteiger partial charge is 0.385 e. The van der Waals surface area contributed by atoms with Crippen LogP contribution in [0.3, 0.4) is 0 Å². The van der Waals surface area contributed by atoms with Crippen molar-refractivity contribution in [3.05, 3.63) is 11.1 Å². The fourth-order valence-corrected chi connectivity index (χ4v) is 2.70. The third kappa shape index (κ3) is 5.48. The molecule has 16 heavy (non-hydrogen) atoms. The Morgan fingerprint density at radius 3 is 3.12 bits per heavy atom. The number of nitrogens with one attached hydrogen (secondary N) is 1. The maximum absolute atomic E-state index is 11.4. The molecule has 0 radical (unpaired) electrons.